The van der Waals surface area contributed by atoms with Crippen molar-refractivity contribution in [1.82, 2.24) is 9.88 Å². The second-order valence-electron chi connectivity index (χ2n) is 7.84. The number of aryl methyl sites for hydroxylation is 2. The topological polar surface area (TPSA) is 98.1 Å². The van der Waals surface area contributed by atoms with Crippen molar-refractivity contribution in [2.45, 2.75) is 47.1 Å². The molecule has 1 aromatic carbocycles. The van der Waals surface area contributed by atoms with Gasteiger partial charge in [0, 0.05) is 12.6 Å². The highest BCUT2D eigenvalue weighted by molar-refractivity contribution is 14.0. The molecule has 1 saturated heterocycles. The van der Waals surface area contributed by atoms with E-state index < -0.39 is 0 Å². The van der Waals surface area contributed by atoms with Crippen LogP contribution >= 0.6 is 24.0 Å². The molecule has 0 bridgehead atoms. The van der Waals surface area contributed by atoms with Gasteiger partial charge in [-0.05, 0) is 71.7 Å². The number of nitrogens with zero attached hydrogens (tertiary/aromatic N) is 3. The summed E-state index contributed by atoms with van der Waals surface area (Å²) >= 11 is 0. The maximum absolute atomic E-state index is 6.17. The number of halogens is 1. The first-order valence-corrected chi connectivity index (χ1v) is 11.1. The lowest BCUT2D eigenvalue weighted by Gasteiger charge is -2.30. The number of nitrogens with one attached hydrogen (secondary N) is 1. The first-order valence-electron chi connectivity index (χ1n) is 11.1. The minimum Gasteiger partial charge on any atom is -0.494 e. The van der Waals surface area contributed by atoms with Gasteiger partial charge < -0.3 is 24.9 Å². The molecule has 0 aliphatic carbocycles. The summed E-state index contributed by atoms with van der Waals surface area (Å²) in [6, 6.07) is 5.67. The van der Waals surface area contributed by atoms with E-state index in [1.54, 1.807) is 0 Å². The summed E-state index contributed by atoms with van der Waals surface area (Å²) in [5.74, 6) is 4.12. The Kier molecular flexibility index (Phi) is 10.6. The molecule has 32 heavy (non-hydrogen) atoms. The fourth-order valence-electron chi connectivity index (χ4n) is 3.67. The lowest BCUT2D eigenvalue weighted by molar-refractivity contribution is 0.166. The van der Waals surface area contributed by atoms with Crippen molar-refractivity contribution in [1.29, 1.82) is 0 Å². The molecule has 2 aromatic rings. The van der Waals surface area contributed by atoms with E-state index in [1.165, 1.54) is 0 Å². The van der Waals surface area contributed by atoms with Crippen LogP contribution < -0.4 is 20.5 Å². The summed E-state index contributed by atoms with van der Waals surface area (Å²) in [4.78, 5) is 11.5. The largest absolute Gasteiger partial charge is 0.494 e. The van der Waals surface area contributed by atoms with Gasteiger partial charge in [0.25, 0.3) is 0 Å². The number of oxazole rings is 1. The van der Waals surface area contributed by atoms with Crippen molar-refractivity contribution in [2.75, 3.05) is 38.2 Å². The number of piperidine rings is 1. The first-order chi connectivity index (χ1) is 15.0. The minimum atomic E-state index is 0. The molecular weight excluding hydrogens is 521 g/mol. The molecule has 0 radical (unpaired) electrons. The van der Waals surface area contributed by atoms with Crippen LogP contribution in [0.5, 0.6) is 11.5 Å². The van der Waals surface area contributed by atoms with E-state index in [4.69, 9.17) is 19.6 Å². The van der Waals surface area contributed by atoms with Crippen LogP contribution in [-0.4, -0.2) is 48.7 Å². The molecular formula is C23H36IN5O3. The van der Waals surface area contributed by atoms with Gasteiger partial charge in [0.1, 0.15) is 17.3 Å². The van der Waals surface area contributed by atoms with Gasteiger partial charge in [0.2, 0.25) is 5.89 Å². The SMILES string of the molecule is CCOc1ccc(OCC)c(NC(N)=NCC2CCN(Cc3nc(C)c(C)o3)CC2)c1.I. The number of likely N-dealkylation sites (tertiary alicyclic amines) is 1. The summed E-state index contributed by atoms with van der Waals surface area (Å²) < 4.78 is 17.0. The van der Waals surface area contributed by atoms with E-state index in [-0.39, 0.29) is 24.0 Å². The van der Waals surface area contributed by atoms with E-state index in [9.17, 15) is 0 Å². The summed E-state index contributed by atoms with van der Waals surface area (Å²) in [6.07, 6.45) is 2.17. The maximum atomic E-state index is 6.17. The van der Waals surface area contributed by atoms with Crippen LogP contribution in [-0.2, 0) is 6.54 Å². The standard InChI is InChI=1S/C23H35N5O3.HI/c1-5-29-19-7-8-21(30-6-2)20(13-19)27-23(24)25-14-18-9-11-28(12-10-18)15-22-26-16(3)17(4)31-22;/h7-8,13,18H,5-6,9-12,14-15H2,1-4H3,(H3,24,25,27);1H. The highest BCUT2D eigenvalue weighted by atomic mass is 127. The smallest absolute Gasteiger partial charge is 0.208 e. The van der Waals surface area contributed by atoms with Crippen LogP contribution in [0.2, 0.25) is 0 Å². The molecule has 0 unspecified atom stereocenters. The monoisotopic (exact) mass is 557 g/mol. The Morgan fingerprint density at radius 2 is 1.94 bits per heavy atom. The van der Waals surface area contributed by atoms with Crippen molar-refractivity contribution in [2.24, 2.45) is 16.6 Å². The van der Waals surface area contributed by atoms with Crippen molar-refractivity contribution in [3.8, 4) is 11.5 Å². The lowest BCUT2D eigenvalue weighted by atomic mass is 9.97. The minimum absolute atomic E-state index is 0. The van der Waals surface area contributed by atoms with E-state index in [2.05, 4.69) is 20.2 Å². The summed E-state index contributed by atoms with van der Waals surface area (Å²) in [7, 11) is 0. The normalized spacial score (nSPS) is 15.3. The number of anilines is 1. The van der Waals surface area contributed by atoms with Crippen LogP contribution in [0.3, 0.4) is 0 Å². The average molecular weight is 557 g/mol. The Bertz CT molecular complexity index is 859. The first kappa shape index (κ1) is 26.2. The van der Waals surface area contributed by atoms with Gasteiger partial charge in [0.05, 0.1) is 31.1 Å². The van der Waals surface area contributed by atoms with E-state index in [0.29, 0.717) is 31.6 Å². The number of guanidine groups is 1. The number of hydrogen-bond acceptors (Lipinski definition) is 6. The zero-order valence-electron chi connectivity index (χ0n) is 19.5. The number of benzene rings is 1. The fraction of sp³-hybridized carbons (Fsp3) is 0.565. The van der Waals surface area contributed by atoms with Gasteiger partial charge in [-0.2, -0.15) is 0 Å². The molecule has 3 rings (SSSR count). The van der Waals surface area contributed by atoms with Gasteiger partial charge in [-0.25, -0.2) is 4.98 Å². The molecule has 9 heteroatoms. The summed E-state index contributed by atoms with van der Waals surface area (Å²) in [6.45, 7) is 12.5. The molecule has 1 fully saturated rings. The van der Waals surface area contributed by atoms with E-state index in [0.717, 1.165) is 67.0 Å². The zero-order valence-corrected chi connectivity index (χ0v) is 21.8. The van der Waals surface area contributed by atoms with Crippen LogP contribution in [0, 0.1) is 19.8 Å². The van der Waals surface area contributed by atoms with Crippen molar-refractivity contribution >= 4 is 35.6 Å². The second-order valence-corrected chi connectivity index (χ2v) is 7.84. The average Bonchev–Trinajstić information content (AvgIpc) is 3.06. The zero-order chi connectivity index (χ0) is 22.2. The Morgan fingerprint density at radius 1 is 1.22 bits per heavy atom. The van der Waals surface area contributed by atoms with Gasteiger partial charge in [0.15, 0.2) is 5.96 Å². The molecule has 3 N–H and O–H groups in total. The molecule has 0 amide bonds. The molecule has 2 heterocycles. The van der Waals surface area contributed by atoms with Crippen LogP contribution in [0.1, 0.15) is 44.0 Å². The van der Waals surface area contributed by atoms with Gasteiger partial charge in [-0.1, -0.05) is 0 Å². The third-order valence-corrected chi connectivity index (χ3v) is 5.48. The summed E-state index contributed by atoms with van der Waals surface area (Å²) in [5.41, 5.74) is 7.91. The molecule has 1 aromatic heterocycles. The van der Waals surface area contributed by atoms with E-state index >= 15 is 0 Å². The van der Waals surface area contributed by atoms with Crippen molar-refractivity contribution < 1.29 is 13.9 Å². The Labute approximate surface area is 208 Å². The van der Waals surface area contributed by atoms with Crippen molar-refractivity contribution in [3.63, 3.8) is 0 Å². The second kappa shape index (κ2) is 12.9. The molecule has 0 saturated carbocycles. The quantitative estimate of drug-likeness (QED) is 0.269. The van der Waals surface area contributed by atoms with Crippen LogP contribution in [0.15, 0.2) is 27.6 Å². The van der Waals surface area contributed by atoms with Crippen LogP contribution in [0.25, 0.3) is 0 Å². The number of hydrogen-bond donors (Lipinski definition) is 2. The number of aromatic nitrogens is 1. The van der Waals surface area contributed by atoms with Crippen LogP contribution in [0.4, 0.5) is 5.69 Å². The molecule has 0 spiro atoms. The van der Waals surface area contributed by atoms with Crippen molar-refractivity contribution in [3.05, 3.63) is 35.5 Å². The molecule has 0 atom stereocenters. The van der Waals surface area contributed by atoms with Gasteiger partial charge >= 0.3 is 0 Å². The third-order valence-electron chi connectivity index (χ3n) is 5.48. The van der Waals surface area contributed by atoms with E-state index in [1.807, 2.05) is 45.9 Å². The molecule has 178 valence electrons. The Hall–Kier alpha value is -2.01. The highest BCUT2D eigenvalue weighted by Crippen LogP contribution is 2.29. The molecule has 1 aliphatic rings. The van der Waals surface area contributed by atoms with Gasteiger partial charge in [-0.3, -0.25) is 9.89 Å². The van der Waals surface area contributed by atoms with Gasteiger partial charge in [-0.15, -0.1) is 24.0 Å². The highest BCUT2D eigenvalue weighted by Gasteiger charge is 2.21. The number of ether oxygens (including phenoxy) is 2. The number of aliphatic imine (C=N–C) groups is 1. The number of rotatable bonds is 9. The lowest BCUT2D eigenvalue weighted by Crippen LogP contribution is -2.34. The predicted molar refractivity (Wildman–Crippen MR) is 138 cm³/mol. The molecule has 8 nitrogen and oxygen atoms in total. The predicted octanol–water partition coefficient (Wildman–Crippen LogP) is 4.35. The maximum Gasteiger partial charge on any atom is 0.208 e. The fourth-order valence-corrected chi connectivity index (χ4v) is 3.67. The number of nitrogens with two attached hydrogens (primary N) is 1. The Morgan fingerprint density at radius 3 is 2.56 bits per heavy atom. The Balaban J connectivity index is 0.00000363. The summed E-state index contributed by atoms with van der Waals surface area (Å²) in [5, 5.41) is 3.17. The third kappa shape index (κ3) is 7.54. The molecule has 1 aliphatic heterocycles.